The molecule has 4 nitrogen and oxygen atoms in total. The zero-order valence-electron chi connectivity index (χ0n) is 8.97. The SMILES string of the molecule is Cc1cc(Br)cnc1NC(=O)NC(C)C. The largest absolute Gasteiger partial charge is 0.336 e. The van der Waals surface area contributed by atoms with Crippen LogP contribution in [0.15, 0.2) is 16.7 Å². The van der Waals surface area contributed by atoms with E-state index in [1.165, 1.54) is 0 Å². The summed E-state index contributed by atoms with van der Waals surface area (Å²) >= 11 is 3.31. The summed E-state index contributed by atoms with van der Waals surface area (Å²) in [7, 11) is 0. The number of carbonyl (C=O) groups is 1. The highest BCUT2D eigenvalue weighted by molar-refractivity contribution is 9.10. The first-order valence-electron chi connectivity index (χ1n) is 4.68. The van der Waals surface area contributed by atoms with Crippen molar-refractivity contribution in [3.05, 3.63) is 22.3 Å². The van der Waals surface area contributed by atoms with Crippen molar-refractivity contribution in [2.75, 3.05) is 5.32 Å². The normalized spacial score (nSPS) is 10.2. The molecule has 0 aliphatic rings. The number of hydrogen-bond acceptors (Lipinski definition) is 2. The number of carbonyl (C=O) groups excluding carboxylic acids is 1. The van der Waals surface area contributed by atoms with Crippen LogP contribution >= 0.6 is 15.9 Å². The Morgan fingerprint density at radius 2 is 2.20 bits per heavy atom. The van der Waals surface area contributed by atoms with Crippen LogP contribution < -0.4 is 10.6 Å². The average molecular weight is 272 g/mol. The Balaban J connectivity index is 2.68. The first-order chi connectivity index (χ1) is 6.99. The van der Waals surface area contributed by atoms with Crippen LogP contribution in [0.2, 0.25) is 0 Å². The van der Waals surface area contributed by atoms with Crippen molar-refractivity contribution in [2.45, 2.75) is 26.8 Å². The lowest BCUT2D eigenvalue weighted by Gasteiger charge is -2.11. The van der Waals surface area contributed by atoms with Gasteiger partial charge in [0.05, 0.1) is 0 Å². The third kappa shape index (κ3) is 3.87. The molecule has 5 heteroatoms. The van der Waals surface area contributed by atoms with Gasteiger partial charge in [0.25, 0.3) is 0 Å². The third-order valence-electron chi connectivity index (χ3n) is 1.70. The number of anilines is 1. The van der Waals surface area contributed by atoms with Crippen LogP contribution in [0, 0.1) is 6.92 Å². The van der Waals surface area contributed by atoms with E-state index in [2.05, 4.69) is 31.5 Å². The predicted octanol–water partition coefficient (Wildman–Crippen LogP) is 2.68. The van der Waals surface area contributed by atoms with Crippen molar-refractivity contribution in [1.82, 2.24) is 10.3 Å². The monoisotopic (exact) mass is 271 g/mol. The first-order valence-corrected chi connectivity index (χ1v) is 5.48. The standard InChI is InChI=1S/C10H14BrN3O/c1-6(2)13-10(15)14-9-7(3)4-8(11)5-12-9/h4-6H,1-3H3,(H2,12,13,14,15). The molecule has 0 radical (unpaired) electrons. The lowest BCUT2D eigenvalue weighted by molar-refractivity contribution is 0.250. The molecule has 0 spiro atoms. The van der Waals surface area contributed by atoms with Gasteiger partial charge in [-0.05, 0) is 48.3 Å². The van der Waals surface area contributed by atoms with Gasteiger partial charge >= 0.3 is 6.03 Å². The number of aryl methyl sites for hydroxylation is 1. The molecule has 1 aromatic rings. The molecule has 0 aliphatic carbocycles. The van der Waals surface area contributed by atoms with Crippen LogP contribution in [0.4, 0.5) is 10.6 Å². The highest BCUT2D eigenvalue weighted by Gasteiger charge is 2.06. The van der Waals surface area contributed by atoms with Gasteiger partial charge in [0.2, 0.25) is 0 Å². The van der Waals surface area contributed by atoms with Gasteiger partial charge in [0, 0.05) is 16.7 Å². The summed E-state index contributed by atoms with van der Waals surface area (Å²) < 4.78 is 0.898. The molecule has 2 amide bonds. The number of nitrogens with zero attached hydrogens (tertiary/aromatic N) is 1. The topological polar surface area (TPSA) is 54.0 Å². The van der Waals surface area contributed by atoms with E-state index in [1.807, 2.05) is 26.8 Å². The molecular formula is C10H14BrN3O. The summed E-state index contributed by atoms with van der Waals surface area (Å²) in [6, 6.07) is 1.78. The second-order valence-corrected chi connectivity index (χ2v) is 4.49. The van der Waals surface area contributed by atoms with Gasteiger partial charge in [0.15, 0.2) is 0 Å². The summed E-state index contributed by atoms with van der Waals surface area (Å²) in [5.74, 6) is 0.580. The van der Waals surface area contributed by atoms with Gasteiger partial charge in [-0.3, -0.25) is 5.32 Å². The molecule has 15 heavy (non-hydrogen) atoms. The molecule has 0 fully saturated rings. The molecule has 0 aromatic carbocycles. The molecule has 0 aliphatic heterocycles. The minimum absolute atomic E-state index is 0.112. The molecule has 1 heterocycles. The zero-order valence-corrected chi connectivity index (χ0v) is 10.6. The average Bonchev–Trinajstić information content (AvgIpc) is 2.08. The number of halogens is 1. The van der Waals surface area contributed by atoms with Crippen LogP contribution in [0.1, 0.15) is 19.4 Å². The minimum Gasteiger partial charge on any atom is -0.336 e. The molecular weight excluding hydrogens is 258 g/mol. The third-order valence-corrected chi connectivity index (χ3v) is 2.13. The molecule has 0 atom stereocenters. The number of urea groups is 1. The zero-order chi connectivity index (χ0) is 11.4. The number of rotatable bonds is 2. The molecule has 82 valence electrons. The fourth-order valence-corrected chi connectivity index (χ4v) is 1.52. The van der Waals surface area contributed by atoms with Gasteiger partial charge < -0.3 is 5.32 Å². The number of pyridine rings is 1. The highest BCUT2D eigenvalue weighted by atomic mass is 79.9. The number of hydrogen-bond donors (Lipinski definition) is 2. The van der Waals surface area contributed by atoms with E-state index >= 15 is 0 Å². The van der Waals surface area contributed by atoms with E-state index in [4.69, 9.17) is 0 Å². The number of nitrogens with one attached hydrogen (secondary N) is 2. The smallest absolute Gasteiger partial charge is 0.320 e. The number of amides is 2. The molecule has 0 bridgehead atoms. The van der Waals surface area contributed by atoms with E-state index < -0.39 is 0 Å². The van der Waals surface area contributed by atoms with Gasteiger partial charge in [-0.2, -0.15) is 0 Å². The van der Waals surface area contributed by atoms with Crippen molar-refractivity contribution >= 4 is 27.8 Å². The molecule has 2 N–H and O–H groups in total. The molecule has 0 unspecified atom stereocenters. The Hall–Kier alpha value is -1.10. The Kier molecular flexibility index (Phi) is 4.08. The fourth-order valence-electron chi connectivity index (χ4n) is 1.08. The van der Waals surface area contributed by atoms with Crippen molar-refractivity contribution < 1.29 is 4.79 Å². The van der Waals surface area contributed by atoms with Crippen molar-refractivity contribution in [2.24, 2.45) is 0 Å². The van der Waals surface area contributed by atoms with E-state index in [0.717, 1.165) is 10.0 Å². The summed E-state index contributed by atoms with van der Waals surface area (Å²) in [6.07, 6.45) is 1.65. The Morgan fingerprint density at radius 1 is 1.53 bits per heavy atom. The van der Waals surface area contributed by atoms with Crippen LogP contribution in [-0.4, -0.2) is 17.1 Å². The van der Waals surface area contributed by atoms with Crippen molar-refractivity contribution in [1.29, 1.82) is 0 Å². The predicted molar refractivity (Wildman–Crippen MR) is 64.0 cm³/mol. The van der Waals surface area contributed by atoms with E-state index in [-0.39, 0.29) is 12.1 Å². The van der Waals surface area contributed by atoms with Crippen LogP contribution in [-0.2, 0) is 0 Å². The maximum absolute atomic E-state index is 11.4. The van der Waals surface area contributed by atoms with Gasteiger partial charge in [0.1, 0.15) is 5.82 Å². The van der Waals surface area contributed by atoms with Crippen LogP contribution in [0.3, 0.4) is 0 Å². The minimum atomic E-state index is -0.233. The lowest BCUT2D eigenvalue weighted by Crippen LogP contribution is -2.34. The van der Waals surface area contributed by atoms with Gasteiger partial charge in [-0.1, -0.05) is 0 Å². The summed E-state index contributed by atoms with van der Waals surface area (Å²) in [5, 5.41) is 5.42. The Labute approximate surface area is 97.6 Å². The number of aromatic nitrogens is 1. The molecule has 1 aromatic heterocycles. The summed E-state index contributed by atoms with van der Waals surface area (Å²) in [6.45, 7) is 5.70. The van der Waals surface area contributed by atoms with Crippen LogP contribution in [0.5, 0.6) is 0 Å². The molecule has 0 saturated heterocycles. The van der Waals surface area contributed by atoms with E-state index in [1.54, 1.807) is 6.20 Å². The summed E-state index contributed by atoms with van der Waals surface area (Å²) in [5.41, 5.74) is 0.920. The Bertz CT molecular complexity index is 366. The Morgan fingerprint density at radius 3 is 2.73 bits per heavy atom. The maximum Gasteiger partial charge on any atom is 0.320 e. The second-order valence-electron chi connectivity index (χ2n) is 3.57. The van der Waals surface area contributed by atoms with Gasteiger partial charge in [-0.25, -0.2) is 9.78 Å². The highest BCUT2D eigenvalue weighted by Crippen LogP contribution is 2.16. The fraction of sp³-hybridized carbons (Fsp3) is 0.400. The van der Waals surface area contributed by atoms with Crippen molar-refractivity contribution in [3.8, 4) is 0 Å². The van der Waals surface area contributed by atoms with Crippen LogP contribution in [0.25, 0.3) is 0 Å². The quantitative estimate of drug-likeness (QED) is 0.869. The lowest BCUT2D eigenvalue weighted by atomic mass is 10.3. The molecule has 0 saturated carbocycles. The first kappa shape index (κ1) is 12.0. The van der Waals surface area contributed by atoms with Crippen molar-refractivity contribution in [3.63, 3.8) is 0 Å². The summed E-state index contributed by atoms with van der Waals surface area (Å²) in [4.78, 5) is 15.5. The van der Waals surface area contributed by atoms with E-state index in [0.29, 0.717) is 5.82 Å². The molecule has 1 rings (SSSR count). The second kappa shape index (κ2) is 5.11. The van der Waals surface area contributed by atoms with E-state index in [9.17, 15) is 4.79 Å². The van der Waals surface area contributed by atoms with Gasteiger partial charge in [-0.15, -0.1) is 0 Å². The maximum atomic E-state index is 11.4.